The maximum atomic E-state index is 6.01. The van der Waals surface area contributed by atoms with E-state index in [1.165, 1.54) is 0 Å². The average Bonchev–Trinajstić information content (AvgIpc) is 2.95. The van der Waals surface area contributed by atoms with E-state index in [0.717, 1.165) is 35.0 Å². The lowest BCUT2D eigenvalue weighted by Gasteiger charge is -2.05. The molecule has 2 heterocycles. The smallest absolute Gasteiger partial charge is 0.0755 e. The number of hydrogen-bond acceptors (Lipinski definition) is 2. The number of benzene rings is 1. The Morgan fingerprint density at radius 3 is 3.05 bits per heavy atom. The molecular formula is C17H14ClN3. The predicted octanol–water partition coefficient (Wildman–Crippen LogP) is 4.23. The van der Waals surface area contributed by atoms with Gasteiger partial charge in [-0.2, -0.15) is 5.10 Å². The summed E-state index contributed by atoms with van der Waals surface area (Å²) in [5.41, 5.74) is 2.75. The van der Waals surface area contributed by atoms with Crippen LogP contribution in [0.1, 0.15) is 25.3 Å². The Hall–Kier alpha value is -2.31. The van der Waals surface area contributed by atoms with Gasteiger partial charge in [0, 0.05) is 29.2 Å². The molecule has 3 rings (SSSR count). The topological polar surface area (TPSA) is 30.7 Å². The van der Waals surface area contributed by atoms with Gasteiger partial charge in [-0.15, -0.1) is 0 Å². The maximum Gasteiger partial charge on any atom is 0.0755 e. The molecule has 0 bridgehead atoms. The van der Waals surface area contributed by atoms with E-state index in [1.807, 2.05) is 35.1 Å². The van der Waals surface area contributed by atoms with Crippen molar-refractivity contribution in [3.63, 3.8) is 0 Å². The molecule has 0 spiro atoms. The molecule has 104 valence electrons. The second kappa shape index (κ2) is 5.99. The van der Waals surface area contributed by atoms with Crippen LogP contribution in [-0.4, -0.2) is 14.8 Å². The lowest BCUT2D eigenvalue weighted by atomic mass is 10.2. The third-order valence-electron chi connectivity index (χ3n) is 3.12. The highest BCUT2D eigenvalue weighted by Crippen LogP contribution is 2.23. The van der Waals surface area contributed by atoms with Crippen molar-refractivity contribution >= 4 is 22.5 Å². The van der Waals surface area contributed by atoms with E-state index in [9.17, 15) is 0 Å². The fourth-order valence-corrected chi connectivity index (χ4v) is 2.28. The zero-order valence-corrected chi connectivity index (χ0v) is 12.4. The zero-order valence-electron chi connectivity index (χ0n) is 11.7. The van der Waals surface area contributed by atoms with E-state index in [4.69, 9.17) is 11.6 Å². The highest BCUT2D eigenvalue weighted by molar-refractivity contribution is 6.31. The molecule has 0 aliphatic rings. The van der Waals surface area contributed by atoms with Crippen LogP contribution in [0.5, 0.6) is 0 Å². The molecule has 0 N–H and O–H groups in total. The van der Waals surface area contributed by atoms with Gasteiger partial charge in [-0.1, -0.05) is 30.4 Å². The summed E-state index contributed by atoms with van der Waals surface area (Å²) in [5, 5.41) is 6.08. The Morgan fingerprint density at radius 2 is 2.19 bits per heavy atom. The summed E-state index contributed by atoms with van der Waals surface area (Å²) < 4.78 is 1.83. The molecule has 0 fully saturated rings. The third-order valence-corrected chi connectivity index (χ3v) is 3.35. The van der Waals surface area contributed by atoms with Gasteiger partial charge in [-0.25, -0.2) is 4.68 Å². The SMILES string of the molecule is CCCC#Cc1cnn(-c2ccnc3cc(Cl)ccc23)c1. The third kappa shape index (κ3) is 2.91. The first-order chi connectivity index (χ1) is 10.3. The Morgan fingerprint density at radius 1 is 1.29 bits per heavy atom. The van der Waals surface area contributed by atoms with Crippen LogP contribution in [-0.2, 0) is 0 Å². The number of aromatic nitrogens is 3. The molecule has 3 nitrogen and oxygen atoms in total. The van der Waals surface area contributed by atoms with Crippen molar-refractivity contribution in [3.8, 4) is 17.5 Å². The second-order valence-corrected chi connectivity index (χ2v) is 5.15. The number of hydrogen-bond donors (Lipinski definition) is 0. The van der Waals surface area contributed by atoms with E-state index in [1.54, 1.807) is 12.4 Å². The van der Waals surface area contributed by atoms with Crippen molar-refractivity contribution in [2.24, 2.45) is 0 Å². The van der Waals surface area contributed by atoms with Crippen molar-refractivity contribution in [1.29, 1.82) is 0 Å². The van der Waals surface area contributed by atoms with Crippen LogP contribution in [0.3, 0.4) is 0 Å². The van der Waals surface area contributed by atoms with Crippen molar-refractivity contribution in [2.75, 3.05) is 0 Å². The van der Waals surface area contributed by atoms with Crippen LogP contribution in [0.2, 0.25) is 5.02 Å². The van der Waals surface area contributed by atoms with Gasteiger partial charge >= 0.3 is 0 Å². The van der Waals surface area contributed by atoms with Crippen molar-refractivity contribution in [1.82, 2.24) is 14.8 Å². The van der Waals surface area contributed by atoms with E-state index >= 15 is 0 Å². The Bertz CT molecular complexity index is 840. The average molecular weight is 296 g/mol. The van der Waals surface area contributed by atoms with Crippen LogP contribution >= 0.6 is 11.6 Å². The van der Waals surface area contributed by atoms with Gasteiger partial charge in [0.15, 0.2) is 0 Å². The fraction of sp³-hybridized carbons (Fsp3) is 0.176. The molecular weight excluding hydrogens is 282 g/mol. The molecule has 0 atom stereocenters. The molecule has 4 heteroatoms. The van der Waals surface area contributed by atoms with Gasteiger partial charge in [0.05, 0.1) is 23.0 Å². The van der Waals surface area contributed by atoms with Crippen LogP contribution in [0, 0.1) is 11.8 Å². The highest BCUT2D eigenvalue weighted by Gasteiger charge is 2.06. The Labute approximate surface area is 128 Å². The first-order valence-electron chi connectivity index (χ1n) is 6.86. The van der Waals surface area contributed by atoms with E-state index in [2.05, 4.69) is 28.8 Å². The van der Waals surface area contributed by atoms with Gasteiger partial charge in [-0.3, -0.25) is 4.98 Å². The number of fused-ring (bicyclic) bond motifs is 1. The number of halogens is 1. The molecule has 21 heavy (non-hydrogen) atoms. The van der Waals surface area contributed by atoms with Gasteiger partial charge < -0.3 is 0 Å². The van der Waals surface area contributed by atoms with Gasteiger partial charge in [0.2, 0.25) is 0 Å². The molecule has 0 aliphatic heterocycles. The highest BCUT2D eigenvalue weighted by atomic mass is 35.5. The lowest BCUT2D eigenvalue weighted by Crippen LogP contribution is -1.96. The molecule has 1 aromatic carbocycles. The monoisotopic (exact) mass is 295 g/mol. The van der Waals surface area contributed by atoms with Gasteiger partial charge in [-0.05, 0) is 30.7 Å². The lowest BCUT2D eigenvalue weighted by molar-refractivity contribution is 0.886. The van der Waals surface area contributed by atoms with Crippen molar-refractivity contribution in [2.45, 2.75) is 19.8 Å². The van der Waals surface area contributed by atoms with E-state index < -0.39 is 0 Å². The summed E-state index contributed by atoms with van der Waals surface area (Å²) in [6, 6.07) is 7.61. The second-order valence-electron chi connectivity index (χ2n) is 4.72. The summed E-state index contributed by atoms with van der Waals surface area (Å²) in [6.07, 6.45) is 7.45. The number of nitrogens with zero attached hydrogens (tertiary/aromatic N) is 3. The van der Waals surface area contributed by atoms with E-state index in [0.29, 0.717) is 5.02 Å². The Balaban J connectivity index is 2.03. The van der Waals surface area contributed by atoms with Crippen LogP contribution in [0.25, 0.3) is 16.6 Å². The van der Waals surface area contributed by atoms with Crippen LogP contribution < -0.4 is 0 Å². The molecule has 0 unspecified atom stereocenters. The predicted molar refractivity (Wildman–Crippen MR) is 85.7 cm³/mol. The standard InChI is InChI=1S/C17H14ClN3/c1-2-3-4-5-13-11-20-21(12-13)17-8-9-19-16-10-14(18)6-7-15(16)17/h6-12H,2-3H2,1H3. The fourth-order valence-electron chi connectivity index (χ4n) is 2.11. The maximum absolute atomic E-state index is 6.01. The minimum atomic E-state index is 0.679. The Kier molecular flexibility index (Phi) is 3.89. The zero-order chi connectivity index (χ0) is 14.7. The van der Waals surface area contributed by atoms with E-state index in [-0.39, 0.29) is 0 Å². The van der Waals surface area contributed by atoms with Crippen molar-refractivity contribution in [3.05, 3.63) is 53.4 Å². The minimum absolute atomic E-state index is 0.679. The molecule has 0 radical (unpaired) electrons. The summed E-state index contributed by atoms with van der Waals surface area (Å²) >= 11 is 6.01. The number of unbranched alkanes of at least 4 members (excludes halogenated alkanes) is 1. The molecule has 0 saturated carbocycles. The first-order valence-corrected chi connectivity index (χ1v) is 7.24. The first kappa shape index (κ1) is 13.7. The molecule has 0 aliphatic carbocycles. The van der Waals surface area contributed by atoms with Crippen molar-refractivity contribution < 1.29 is 0 Å². The summed E-state index contributed by atoms with van der Waals surface area (Å²) in [5.74, 6) is 6.25. The summed E-state index contributed by atoms with van der Waals surface area (Å²) in [4.78, 5) is 4.34. The molecule has 0 saturated heterocycles. The van der Waals surface area contributed by atoms with Gasteiger partial charge in [0.1, 0.15) is 0 Å². The minimum Gasteiger partial charge on any atom is -0.256 e. The molecule has 3 aromatic rings. The van der Waals surface area contributed by atoms with Crippen LogP contribution in [0.4, 0.5) is 0 Å². The molecule has 2 aromatic heterocycles. The summed E-state index contributed by atoms with van der Waals surface area (Å²) in [6.45, 7) is 2.12. The normalized spacial score (nSPS) is 10.4. The van der Waals surface area contributed by atoms with Gasteiger partial charge in [0.25, 0.3) is 0 Å². The molecule has 0 amide bonds. The summed E-state index contributed by atoms with van der Waals surface area (Å²) in [7, 11) is 0. The number of pyridine rings is 1. The van der Waals surface area contributed by atoms with Crippen LogP contribution in [0.15, 0.2) is 42.9 Å². The quantitative estimate of drug-likeness (QED) is 0.663. The largest absolute Gasteiger partial charge is 0.256 e. The number of rotatable bonds is 2.